The van der Waals surface area contributed by atoms with E-state index in [9.17, 15) is 14.9 Å². The number of carboxylic acid groups (broad SMARTS) is 1. The quantitative estimate of drug-likeness (QED) is 0.671. The molecule has 1 saturated heterocycles. The fourth-order valence-corrected chi connectivity index (χ4v) is 2.49. The molecular weight excluding hydrogens is 262 g/mol. The van der Waals surface area contributed by atoms with E-state index in [1.165, 1.54) is 6.20 Å². The van der Waals surface area contributed by atoms with Crippen LogP contribution < -0.4 is 4.90 Å². The molecule has 1 N–H and O–H groups in total. The van der Waals surface area contributed by atoms with Crippen molar-refractivity contribution < 1.29 is 14.8 Å². The van der Waals surface area contributed by atoms with Gasteiger partial charge in [0, 0.05) is 25.4 Å². The van der Waals surface area contributed by atoms with E-state index >= 15 is 0 Å². The van der Waals surface area contributed by atoms with Crippen molar-refractivity contribution in [1.29, 1.82) is 0 Å². The Hall–Kier alpha value is -2.18. The zero-order valence-electron chi connectivity index (χ0n) is 11.3. The Morgan fingerprint density at radius 1 is 1.55 bits per heavy atom. The van der Waals surface area contributed by atoms with Crippen LogP contribution >= 0.6 is 0 Å². The number of nitrogens with zero attached hydrogens (tertiary/aromatic N) is 3. The molecular formula is C13H17N3O4. The molecule has 0 bridgehead atoms. The van der Waals surface area contributed by atoms with E-state index in [0.29, 0.717) is 5.92 Å². The van der Waals surface area contributed by atoms with Crippen molar-refractivity contribution in [3.05, 3.63) is 27.9 Å². The lowest BCUT2D eigenvalue weighted by Gasteiger charge is -2.31. The van der Waals surface area contributed by atoms with Crippen molar-refractivity contribution in [1.82, 2.24) is 4.98 Å². The summed E-state index contributed by atoms with van der Waals surface area (Å²) >= 11 is 0. The fraction of sp³-hybridized carbons (Fsp3) is 0.538. The molecule has 0 radical (unpaired) electrons. The third-order valence-corrected chi connectivity index (χ3v) is 3.78. The average Bonchev–Trinajstić information content (AvgIpc) is 2.46. The smallest absolute Gasteiger partial charge is 0.337 e. The van der Waals surface area contributed by atoms with Crippen molar-refractivity contribution >= 4 is 17.5 Å². The van der Waals surface area contributed by atoms with Gasteiger partial charge in [0.2, 0.25) is 5.82 Å². The van der Waals surface area contributed by atoms with Crippen LogP contribution in [0.2, 0.25) is 0 Å². The van der Waals surface area contributed by atoms with Crippen LogP contribution in [0.15, 0.2) is 12.3 Å². The Balaban J connectivity index is 2.27. The van der Waals surface area contributed by atoms with Gasteiger partial charge in [0.25, 0.3) is 0 Å². The van der Waals surface area contributed by atoms with Crippen LogP contribution in [0.5, 0.6) is 0 Å². The molecule has 108 valence electrons. The molecule has 2 rings (SSSR count). The molecule has 1 aromatic rings. The summed E-state index contributed by atoms with van der Waals surface area (Å²) in [6.45, 7) is 3.58. The second-order valence-corrected chi connectivity index (χ2v) is 4.97. The van der Waals surface area contributed by atoms with Crippen LogP contribution in [0.4, 0.5) is 11.5 Å². The second-order valence-electron chi connectivity index (χ2n) is 4.97. The van der Waals surface area contributed by atoms with Gasteiger partial charge in [-0.2, -0.15) is 0 Å². The summed E-state index contributed by atoms with van der Waals surface area (Å²) in [5.41, 5.74) is -0.399. The Bertz CT molecular complexity index is 524. The third-order valence-electron chi connectivity index (χ3n) is 3.78. The SMILES string of the molecule is CCC1CCN(c2ncc(C(=O)O)cc2[N+](=O)[O-])CC1. The van der Waals surface area contributed by atoms with E-state index < -0.39 is 10.9 Å². The molecule has 0 spiro atoms. The first-order valence-corrected chi connectivity index (χ1v) is 6.65. The van der Waals surface area contributed by atoms with E-state index in [0.717, 1.165) is 38.4 Å². The maximum Gasteiger partial charge on any atom is 0.337 e. The molecule has 0 amide bonds. The van der Waals surface area contributed by atoms with Crippen molar-refractivity contribution in [2.45, 2.75) is 26.2 Å². The van der Waals surface area contributed by atoms with Gasteiger partial charge in [-0.3, -0.25) is 10.1 Å². The molecule has 0 unspecified atom stereocenters. The summed E-state index contributed by atoms with van der Waals surface area (Å²) in [6.07, 6.45) is 4.25. The molecule has 1 aliphatic rings. The lowest BCUT2D eigenvalue weighted by Crippen LogP contribution is -2.34. The number of nitro groups is 1. The Labute approximate surface area is 116 Å². The van der Waals surface area contributed by atoms with Crippen molar-refractivity contribution in [2.75, 3.05) is 18.0 Å². The number of anilines is 1. The van der Waals surface area contributed by atoms with Gasteiger partial charge in [-0.25, -0.2) is 9.78 Å². The first-order valence-electron chi connectivity index (χ1n) is 6.65. The van der Waals surface area contributed by atoms with Crippen LogP contribution in [-0.4, -0.2) is 34.1 Å². The minimum absolute atomic E-state index is 0.163. The Morgan fingerprint density at radius 3 is 2.70 bits per heavy atom. The maximum absolute atomic E-state index is 11.1. The highest BCUT2D eigenvalue weighted by Gasteiger charge is 2.26. The van der Waals surface area contributed by atoms with Gasteiger partial charge in [0.1, 0.15) is 0 Å². The molecule has 1 fully saturated rings. The van der Waals surface area contributed by atoms with Crippen LogP contribution in [0, 0.1) is 16.0 Å². The first kappa shape index (κ1) is 14.2. The highest BCUT2D eigenvalue weighted by Crippen LogP contribution is 2.30. The molecule has 0 saturated carbocycles. The van der Waals surface area contributed by atoms with Crippen molar-refractivity contribution in [3.8, 4) is 0 Å². The number of carboxylic acids is 1. The number of hydrogen-bond acceptors (Lipinski definition) is 5. The molecule has 7 nitrogen and oxygen atoms in total. The summed E-state index contributed by atoms with van der Waals surface area (Å²) in [6, 6.07) is 1.08. The fourth-order valence-electron chi connectivity index (χ4n) is 2.49. The predicted octanol–water partition coefficient (Wildman–Crippen LogP) is 2.31. The molecule has 20 heavy (non-hydrogen) atoms. The van der Waals surface area contributed by atoms with E-state index in [-0.39, 0.29) is 17.1 Å². The molecule has 1 aliphatic heterocycles. The molecule has 0 aliphatic carbocycles. The number of hydrogen-bond donors (Lipinski definition) is 1. The lowest BCUT2D eigenvalue weighted by atomic mass is 9.94. The van der Waals surface area contributed by atoms with Gasteiger partial charge in [0.05, 0.1) is 10.5 Å². The predicted molar refractivity (Wildman–Crippen MR) is 73.1 cm³/mol. The summed E-state index contributed by atoms with van der Waals surface area (Å²) in [4.78, 5) is 27.3. The minimum atomic E-state index is -1.21. The molecule has 2 heterocycles. The molecule has 0 atom stereocenters. The van der Waals surface area contributed by atoms with E-state index in [1.807, 2.05) is 4.90 Å². The Kier molecular flexibility index (Phi) is 4.16. The normalized spacial score (nSPS) is 16.1. The second kappa shape index (κ2) is 5.85. The van der Waals surface area contributed by atoms with Crippen LogP contribution in [0.1, 0.15) is 36.5 Å². The van der Waals surface area contributed by atoms with Crippen LogP contribution in [0.25, 0.3) is 0 Å². The van der Waals surface area contributed by atoms with Gasteiger partial charge in [-0.1, -0.05) is 13.3 Å². The van der Waals surface area contributed by atoms with Crippen LogP contribution in [-0.2, 0) is 0 Å². The van der Waals surface area contributed by atoms with Gasteiger partial charge in [-0.05, 0) is 18.8 Å². The number of aromatic nitrogens is 1. The van der Waals surface area contributed by atoms with Crippen molar-refractivity contribution in [3.63, 3.8) is 0 Å². The van der Waals surface area contributed by atoms with Gasteiger partial charge in [-0.15, -0.1) is 0 Å². The summed E-state index contributed by atoms with van der Waals surface area (Å²) in [5.74, 6) is -0.282. The average molecular weight is 279 g/mol. The largest absolute Gasteiger partial charge is 0.478 e. The monoisotopic (exact) mass is 279 g/mol. The summed E-state index contributed by atoms with van der Waals surface area (Å²) < 4.78 is 0. The van der Waals surface area contributed by atoms with E-state index in [2.05, 4.69) is 11.9 Å². The third kappa shape index (κ3) is 2.87. The highest BCUT2D eigenvalue weighted by atomic mass is 16.6. The lowest BCUT2D eigenvalue weighted by molar-refractivity contribution is -0.384. The maximum atomic E-state index is 11.1. The first-order chi connectivity index (χ1) is 9.52. The number of piperidine rings is 1. The molecule has 7 heteroatoms. The van der Waals surface area contributed by atoms with Gasteiger partial charge < -0.3 is 10.0 Å². The van der Waals surface area contributed by atoms with Gasteiger partial charge >= 0.3 is 11.7 Å². The van der Waals surface area contributed by atoms with E-state index in [4.69, 9.17) is 5.11 Å². The number of pyridine rings is 1. The summed E-state index contributed by atoms with van der Waals surface area (Å²) in [5, 5.41) is 20.0. The molecule has 0 aromatic carbocycles. The van der Waals surface area contributed by atoms with Gasteiger partial charge in [0.15, 0.2) is 0 Å². The number of carbonyl (C=O) groups is 1. The van der Waals surface area contributed by atoms with E-state index in [1.54, 1.807) is 0 Å². The number of rotatable bonds is 4. The topological polar surface area (TPSA) is 96.6 Å². The van der Waals surface area contributed by atoms with Crippen molar-refractivity contribution in [2.24, 2.45) is 5.92 Å². The zero-order chi connectivity index (χ0) is 14.7. The molecule has 1 aromatic heterocycles. The minimum Gasteiger partial charge on any atom is -0.478 e. The zero-order valence-corrected chi connectivity index (χ0v) is 11.3. The standard InChI is InChI=1S/C13H17N3O4/c1-2-9-3-5-15(6-4-9)12-11(16(19)20)7-10(8-14-12)13(17)18/h7-9H,2-6H2,1H3,(H,17,18). The Morgan fingerprint density at radius 2 is 2.20 bits per heavy atom. The summed E-state index contributed by atoms with van der Waals surface area (Å²) in [7, 11) is 0. The highest BCUT2D eigenvalue weighted by molar-refractivity contribution is 5.88. The number of aromatic carboxylic acids is 1. The van der Waals surface area contributed by atoms with Crippen LogP contribution in [0.3, 0.4) is 0 Å².